The Morgan fingerprint density at radius 1 is 0.629 bits per heavy atom. The highest BCUT2D eigenvalue weighted by Gasteiger charge is 2.31. The van der Waals surface area contributed by atoms with Crippen LogP contribution in [-0.2, 0) is 18.5 Å². The number of ether oxygens (including phenoxy) is 2. The Bertz CT molecular complexity index is 955. The first-order chi connectivity index (χ1) is 17.1. The Morgan fingerprint density at radius 2 is 1.06 bits per heavy atom. The summed E-state index contributed by atoms with van der Waals surface area (Å²) in [7, 11) is 0. The minimum atomic E-state index is -0.0791. The zero-order valence-corrected chi connectivity index (χ0v) is 21.7. The van der Waals surface area contributed by atoms with Crippen molar-refractivity contribution in [1.29, 1.82) is 0 Å². The summed E-state index contributed by atoms with van der Waals surface area (Å²) in [5.74, 6) is 2.14. The molecule has 0 aromatic heterocycles. The van der Waals surface area contributed by atoms with Crippen LogP contribution in [0.2, 0.25) is 0 Å². The molecule has 0 N–H and O–H groups in total. The molecule has 4 heteroatoms. The normalized spacial score (nSPS) is 22.7. The summed E-state index contributed by atoms with van der Waals surface area (Å²) >= 11 is 0. The molecule has 2 aliphatic heterocycles. The van der Waals surface area contributed by atoms with E-state index in [0.29, 0.717) is 12.1 Å². The fraction of sp³-hybridized carbons (Fsp3) is 0.613. The van der Waals surface area contributed by atoms with E-state index in [9.17, 15) is 0 Å². The molecule has 2 aromatic rings. The van der Waals surface area contributed by atoms with E-state index < -0.39 is 0 Å². The molecule has 2 saturated carbocycles. The number of rotatable bonds is 4. The zero-order valence-electron chi connectivity index (χ0n) is 21.7. The molecule has 2 aromatic carbocycles. The van der Waals surface area contributed by atoms with E-state index in [0.717, 1.165) is 38.1 Å². The van der Waals surface area contributed by atoms with Gasteiger partial charge in [0.15, 0.2) is 0 Å². The highest BCUT2D eigenvalue weighted by atomic mass is 16.5. The zero-order chi connectivity index (χ0) is 23.8. The highest BCUT2D eigenvalue weighted by molar-refractivity contribution is 5.48. The van der Waals surface area contributed by atoms with Crippen molar-refractivity contribution in [3.8, 4) is 11.5 Å². The molecular formula is C31H42N2O2. The Labute approximate surface area is 211 Å². The molecule has 188 valence electrons. The second-order valence-electron chi connectivity index (χ2n) is 11.9. The van der Waals surface area contributed by atoms with Crippen molar-refractivity contribution in [1.82, 2.24) is 9.80 Å². The standard InChI is InChI=1S/C31H42N2O2/c1-31(2,25-13-15-29-23(17-25)19-32(21-34-29)27-9-5-3-6-10-27)26-14-16-30-24(18-26)20-33(22-35-30)28-11-7-4-8-12-28/h13-18,27-28H,3-12,19-22H2,1-2H3. The van der Waals surface area contributed by atoms with Crippen LogP contribution in [0.3, 0.4) is 0 Å². The van der Waals surface area contributed by atoms with Crippen molar-refractivity contribution in [3.63, 3.8) is 0 Å². The van der Waals surface area contributed by atoms with Crippen LogP contribution >= 0.6 is 0 Å². The van der Waals surface area contributed by atoms with Gasteiger partial charge in [0, 0.05) is 41.7 Å². The number of hydrogen-bond acceptors (Lipinski definition) is 4. The molecule has 0 unspecified atom stereocenters. The van der Waals surface area contributed by atoms with E-state index in [4.69, 9.17) is 9.47 Å². The van der Waals surface area contributed by atoms with Gasteiger partial charge in [-0.25, -0.2) is 0 Å². The molecule has 0 spiro atoms. The quantitative estimate of drug-likeness (QED) is 0.477. The van der Waals surface area contributed by atoms with Crippen molar-refractivity contribution in [2.45, 2.75) is 109 Å². The van der Waals surface area contributed by atoms with Crippen LogP contribution in [0.5, 0.6) is 11.5 Å². The van der Waals surface area contributed by atoms with E-state index in [2.05, 4.69) is 60.0 Å². The van der Waals surface area contributed by atoms with E-state index in [1.165, 1.54) is 86.5 Å². The summed E-state index contributed by atoms with van der Waals surface area (Å²) in [5.41, 5.74) is 5.34. The molecular weight excluding hydrogens is 432 g/mol. The van der Waals surface area contributed by atoms with Crippen LogP contribution in [0.1, 0.15) is 100 Å². The third-order valence-electron chi connectivity index (χ3n) is 9.27. The molecule has 6 rings (SSSR count). The average molecular weight is 475 g/mol. The second-order valence-corrected chi connectivity index (χ2v) is 11.9. The summed E-state index contributed by atoms with van der Waals surface area (Å²) in [6.45, 7) is 8.23. The largest absolute Gasteiger partial charge is 0.478 e. The molecule has 0 atom stereocenters. The van der Waals surface area contributed by atoms with Crippen molar-refractivity contribution >= 4 is 0 Å². The monoisotopic (exact) mass is 474 g/mol. The van der Waals surface area contributed by atoms with Gasteiger partial charge in [-0.15, -0.1) is 0 Å². The first-order valence-corrected chi connectivity index (χ1v) is 14.1. The van der Waals surface area contributed by atoms with Crippen LogP contribution in [0.25, 0.3) is 0 Å². The van der Waals surface area contributed by atoms with Crippen LogP contribution < -0.4 is 9.47 Å². The maximum atomic E-state index is 6.21. The Kier molecular flexibility index (Phi) is 6.53. The molecule has 4 aliphatic rings. The lowest BCUT2D eigenvalue weighted by Crippen LogP contribution is -2.41. The van der Waals surface area contributed by atoms with E-state index >= 15 is 0 Å². The Hall–Kier alpha value is -2.04. The van der Waals surface area contributed by atoms with E-state index in [-0.39, 0.29) is 5.41 Å². The SMILES string of the molecule is CC(C)(c1ccc2c(c1)CN(C1CCCCC1)CO2)c1ccc2c(c1)CN(C1CCCCC1)CO2. The Balaban J connectivity index is 1.22. The number of benzene rings is 2. The lowest BCUT2D eigenvalue weighted by molar-refractivity contribution is 0.0402. The van der Waals surface area contributed by atoms with Crippen LogP contribution in [-0.4, -0.2) is 35.3 Å². The Morgan fingerprint density at radius 3 is 1.49 bits per heavy atom. The third kappa shape index (κ3) is 4.72. The van der Waals surface area contributed by atoms with E-state index in [1.807, 2.05) is 0 Å². The van der Waals surface area contributed by atoms with Crippen molar-refractivity contribution in [2.24, 2.45) is 0 Å². The minimum absolute atomic E-state index is 0.0791. The van der Waals surface area contributed by atoms with Gasteiger partial charge in [-0.2, -0.15) is 0 Å². The molecule has 0 radical (unpaired) electrons. The van der Waals surface area contributed by atoms with Crippen molar-refractivity contribution in [2.75, 3.05) is 13.5 Å². The average Bonchev–Trinajstić information content (AvgIpc) is 2.92. The molecule has 4 nitrogen and oxygen atoms in total. The second kappa shape index (κ2) is 9.78. The molecule has 0 saturated heterocycles. The van der Waals surface area contributed by atoms with Crippen molar-refractivity contribution in [3.05, 3.63) is 58.7 Å². The van der Waals surface area contributed by atoms with Gasteiger partial charge in [0.25, 0.3) is 0 Å². The highest BCUT2D eigenvalue weighted by Crippen LogP contribution is 2.39. The first kappa shape index (κ1) is 23.4. The van der Waals surface area contributed by atoms with Gasteiger partial charge in [-0.3, -0.25) is 9.80 Å². The summed E-state index contributed by atoms with van der Waals surface area (Å²) in [4.78, 5) is 5.13. The summed E-state index contributed by atoms with van der Waals surface area (Å²) < 4.78 is 12.4. The summed E-state index contributed by atoms with van der Waals surface area (Å²) in [5, 5.41) is 0. The van der Waals surface area contributed by atoms with Crippen molar-refractivity contribution < 1.29 is 9.47 Å². The lowest BCUT2D eigenvalue weighted by Gasteiger charge is -2.38. The van der Waals surface area contributed by atoms with Gasteiger partial charge in [0.05, 0.1) is 0 Å². The number of nitrogens with zero attached hydrogens (tertiary/aromatic N) is 2. The topological polar surface area (TPSA) is 24.9 Å². The van der Waals surface area contributed by atoms with Crippen LogP contribution in [0.15, 0.2) is 36.4 Å². The first-order valence-electron chi connectivity index (χ1n) is 14.1. The smallest absolute Gasteiger partial charge is 0.142 e. The van der Waals surface area contributed by atoms with Gasteiger partial charge >= 0.3 is 0 Å². The minimum Gasteiger partial charge on any atom is -0.478 e. The summed E-state index contributed by atoms with van der Waals surface area (Å²) in [6, 6.07) is 15.2. The summed E-state index contributed by atoms with van der Waals surface area (Å²) in [6.07, 6.45) is 13.5. The lowest BCUT2D eigenvalue weighted by atomic mass is 9.77. The molecule has 2 fully saturated rings. The molecule has 2 heterocycles. The van der Waals surface area contributed by atoms with Gasteiger partial charge in [0.1, 0.15) is 25.0 Å². The predicted octanol–water partition coefficient (Wildman–Crippen LogP) is 6.98. The fourth-order valence-electron chi connectivity index (χ4n) is 6.83. The van der Waals surface area contributed by atoms with E-state index in [1.54, 1.807) is 0 Å². The molecule has 35 heavy (non-hydrogen) atoms. The van der Waals surface area contributed by atoms with Crippen LogP contribution in [0, 0.1) is 0 Å². The molecule has 2 aliphatic carbocycles. The third-order valence-corrected chi connectivity index (χ3v) is 9.27. The molecule has 0 amide bonds. The number of fused-ring (bicyclic) bond motifs is 2. The predicted molar refractivity (Wildman–Crippen MR) is 141 cm³/mol. The maximum absolute atomic E-state index is 6.21. The van der Waals surface area contributed by atoms with Gasteiger partial charge in [-0.05, 0) is 61.1 Å². The number of hydrogen-bond donors (Lipinski definition) is 0. The van der Waals surface area contributed by atoms with Gasteiger partial charge < -0.3 is 9.47 Å². The maximum Gasteiger partial charge on any atom is 0.142 e. The van der Waals surface area contributed by atoms with Gasteiger partial charge in [-0.1, -0.05) is 64.5 Å². The van der Waals surface area contributed by atoms with Crippen LogP contribution in [0.4, 0.5) is 0 Å². The fourth-order valence-corrected chi connectivity index (χ4v) is 6.83. The molecule has 0 bridgehead atoms. The van der Waals surface area contributed by atoms with Gasteiger partial charge in [0.2, 0.25) is 0 Å².